The van der Waals surface area contributed by atoms with E-state index in [1.54, 1.807) is 39.0 Å². The van der Waals surface area contributed by atoms with Crippen molar-refractivity contribution in [3.8, 4) is 6.07 Å². The summed E-state index contributed by atoms with van der Waals surface area (Å²) in [6.07, 6.45) is 0. The summed E-state index contributed by atoms with van der Waals surface area (Å²) >= 11 is 12.4. The van der Waals surface area contributed by atoms with Crippen molar-refractivity contribution in [2.75, 3.05) is 6.61 Å². The normalized spacial score (nSPS) is 17.9. The van der Waals surface area contributed by atoms with Gasteiger partial charge in [-0.3, -0.25) is 0 Å². The second-order valence-electron chi connectivity index (χ2n) is 6.21. The summed E-state index contributed by atoms with van der Waals surface area (Å²) in [5.74, 6) is -3.35. The predicted molar refractivity (Wildman–Crippen MR) is 101 cm³/mol. The van der Waals surface area contributed by atoms with Crippen LogP contribution in [0.25, 0.3) is 0 Å². The lowest BCUT2D eigenvalue weighted by molar-refractivity contribution is -0.140. The standard InChI is InChI=1S/C19H18Cl2N2O4/c1-9(7-22)8-27-19(26)15-11(3)23-10(2)14(18(24)25)16(15)12-5-4-6-13(20)17(12)21/h4-6,9,16,23H,8H2,1-3H3,(H,24,25). The van der Waals surface area contributed by atoms with E-state index in [0.29, 0.717) is 17.0 Å². The minimum Gasteiger partial charge on any atom is -0.478 e. The third-order valence-electron chi connectivity index (χ3n) is 4.19. The number of dihydropyridines is 1. The maximum Gasteiger partial charge on any atom is 0.336 e. The van der Waals surface area contributed by atoms with Gasteiger partial charge in [0.1, 0.15) is 6.61 Å². The number of nitrogens with zero attached hydrogens (tertiary/aromatic N) is 1. The van der Waals surface area contributed by atoms with Gasteiger partial charge in [0.2, 0.25) is 0 Å². The number of esters is 1. The first-order valence-electron chi connectivity index (χ1n) is 8.11. The van der Waals surface area contributed by atoms with E-state index < -0.39 is 23.8 Å². The molecule has 0 saturated heterocycles. The first-order valence-corrected chi connectivity index (χ1v) is 8.87. The number of halogens is 2. The first kappa shape index (κ1) is 20.8. The van der Waals surface area contributed by atoms with Crippen molar-refractivity contribution in [3.63, 3.8) is 0 Å². The predicted octanol–water partition coefficient (Wildman–Crippen LogP) is 4.02. The molecule has 0 radical (unpaired) electrons. The van der Waals surface area contributed by atoms with Crippen LogP contribution in [-0.4, -0.2) is 23.7 Å². The summed E-state index contributed by atoms with van der Waals surface area (Å²) in [5.41, 5.74) is 1.33. The monoisotopic (exact) mass is 408 g/mol. The molecule has 1 heterocycles. The van der Waals surface area contributed by atoms with Gasteiger partial charge in [-0.05, 0) is 32.4 Å². The van der Waals surface area contributed by atoms with E-state index in [9.17, 15) is 14.7 Å². The highest BCUT2D eigenvalue weighted by Gasteiger charge is 2.38. The molecule has 6 nitrogen and oxygen atoms in total. The average molecular weight is 409 g/mol. The van der Waals surface area contributed by atoms with Crippen LogP contribution in [0.4, 0.5) is 0 Å². The van der Waals surface area contributed by atoms with Gasteiger partial charge in [-0.15, -0.1) is 0 Å². The van der Waals surface area contributed by atoms with Crippen molar-refractivity contribution in [2.24, 2.45) is 5.92 Å². The fraction of sp³-hybridized carbons (Fsp3) is 0.316. The topological polar surface area (TPSA) is 99.4 Å². The van der Waals surface area contributed by atoms with Crippen LogP contribution >= 0.6 is 23.2 Å². The molecule has 1 aromatic carbocycles. The Kier molecular flexibility index (Phi) is 6.53. The third-order valence-corrected chi connectivity index (χ3v) is 5.02. The number of benzene rings is 1. The number of carbonyl (C=O) groups excluding carboxylic acids is 1. The van der Waals surface area contributed by atoms with Crippen molar-refractivity contribution in [1.82, 2.24) is 5.32 Å². The van der Waals surface area contributed by atoms with Crippen LogP contribution in [0.1, 0.15) is 32.3 Å². The Bertz CT molecular complexity index is 899. The van der Waals surface area contributed by atoms with Crippen LogP contribution in [0.5, 0.6) is 0 Å². The summed E-state index contributed by atoms with van der Waals surface area (Å²) in [6.45, 7) is 4.77. The molecule has 0 bridgehead atoms. The van der Waals surface area contributed by atoms with Gasteiger partial charge in [-0.25, -0.2) is 9.59 Å². The van der Waals surface area contributed by atoms with E-state index in [1.165, 1.54) is 0 Å². The van der Waals surface area contributed by atoms with Gasteiger partial charge in [-0.2, -0.15) is 5.26 Å². The van der Waals surface area contributed by atoms with E-state index in [1.807, 2.05) is 6.07 Å². The molecule has 2 rings (SSSR count). The molecule has 0 amide bonds. The number of carboxylic acids is 1. The maximum absolute atomic E-state index is 12.8. The van der Waals surface area contributed by atoms with E-state index in [-0.39, 0.29) is 27.8 Å². The molecule has 0 saturated carbocycles. The van der Waals surface area contributed by atoms with Gasteiger partial charge >= 0.3 is 11.9 Å². The van der Waals surface area contributed by atoms with E-state index >= 15 is 0 Å². The zero-order valence-electron chi connectivity index (χ0n) is 15.0. The molecule has 27 heavy (non-hydrogen) atoms. The lowest BCUT2D eigenvalue weighted by Gasteiger charge is -2.30. The van der Waals surface area contributed by atoms with Gasteiger partial charge in [0.15, 0.2) is 0 Å². The molecule has 0 fully saturated rings. The number of aliphatic carboxylic acids is 1. The Hall–Kier alpha value is -2.49. The zero-order valence-corrected chi connectivity index (χ0v) is 16.5. The van der Waals surface area contributed by atoms with Crippen LogP contribution in [0.3, 0.4) is 0 Å². The van der Waals surface area contributed by atoms with Crippen LogP contribution in [0.15, 0.2) is 40.7 Å². The number of hydrogen-bond donors (Lipinski definition) is 2. The van der Waals surface area contributed by atoms with Gasteiger partial charge in [0.25, 0.3) is 0 Å². The molecule has 2 N–H and O–H groups in total. The number of rotatable bonds is 5. The number of nitriles is 1. The van der Waals surface area contributed by atoms with Crippen molar-refractivity contribution >= 4 is 35.1 Å². The summed E-state index contributed by atoms with van der Waals surface area (Å²) in [6, 6.07) is 6.81. The Labute approximate surface area is 167 Å². The molecule has 0 spiro atoms. The molecule has 0 aromatic heterocycles. The molecular formula is C19H18Cl2N2O4. The largest absolute Gasteiger partial charge is 0.478 e. The second-order valence-corrected chi connectivity index (χ2v) is 7.00. The fourth-order valence-corrected chi connectivity index (χ4v) is 3.34. The maximum atomic E-state index is 12.8. The van der Waals surface area contributed by atoms with E-state index in [4.69, 9.17) is 33.2 Å². The number of ether oxygens (including phenoxy) is 1. The fourth-order valence-electron chi connectivity index (χ4n) is 2.92. The SMILES string of the molecule is CC1=C(C(=O)O)C(c2cccc(Cl)c2Cl)C(C(=O)OCC(C)C#N)=C(C)N1. The highest BCUT2D eigenvalue weighted by atomic mass is 35.5. The van der Waals surface area contributed by atoms with Gasteiger partial charge in [-0.1, -0.05) is 35.3 Å². The molecular weight excluding hydrogens is 391 g/mol. The van der Waals surface area contributed by atoms with E-state index in [2.05, 4.69) is 5.32 Å². The van der Waals surface area contributed by atoms with Gasteiger partial charge in [0.05, 0.1) is 39.1 Å². The molecule has 2 atom stereocenters. The summed E-state index contributed by atoms with van der Waals surface area (Å²) < 4.78 is 5.24. The minimum absolute atomic E-state index is 0.0231. The zero-order chi connectivity index (χ0) is 20.3. The summed E-state index contributed by atoms with van der Waals surface area (Å²) in [7, 11) is 0. The van der Waals surface area contributed by atoms with Crippen LogP contribution < -0.4 is 5.32 Å². The van der Waals surface area contributed by atoms with Crippen LogP contribution in [0.2, 0.25) is 10.0 Å². The number of hydrogen-bond acceptors (Lipinski definition) is 5. The second kappa shape index (κ2) is 8.47. The highest BCUT2D eigenvalue weighted by molar-refractivity contribution is 6.42. The lowest BCUT2D eigenvalue weighted by Crippen LogP contribution is -2.32. The Balaban J connectivity index is 2.60. The quantitative estimate of drug-likeness (QED) is 0.713. The smallest absolute Gasteiger partial charge is 0.336 e. The molecule has 0 aliphatic carbocycles. The Morgan fingerprint density at radius 2 is 1.93 bits per heavy atom. The number of nitrogens with one attached hydrogen (secondary N) is 1. The van der Waals surface area contributed by atoms with Crippen molar-refractivity contribution in [1.29, 1.82) is 5.26 Å². The average Bonchev–Trinajstić information content (AvgIpc) is 2.60. The first-order chi connectivity index (χ1) is 12.7. The Morgan fingerprint density at radius 3 is 2.52 bits per heavy atom. The molecule has 1 aliphatic heterocycles. The molecule has 2 unspecified atom stereocenters. The summed E-state index contributed by atoms with van der Waals surface area (Å²) in [5, 5.41) is 22.0. The van der Waals surface area contributed by atoms with Gasteiger partial charge < -0.3 is 15.2 Å². The molecule has 142 valence electrons. The van der Waals surface area contributed by atoms with Crippen molar-refractivity contribution < 1.29 is 19.4 Å². The van der Waals surface area contributed by atoms with E-state index in [0.717, 1.165) is 0 Å². The van der Waals surface area contributed by atoms with Crippen LogP contribution in [0, 0.1) is 17.2 Å². The molecule has 1 aromatic rings. The van der Waals surface area contributed by atoms with Gasteiger partial charge in [0, 0.05) is 11.4 Å². The number of carbonyl (C=O) groups is 2. The van der Waals surface area contributed by atoms with Crippen molar-refractivity contribution in [3.05, 3.63) is 56.3 Å². The number of allylic oxidation sites excluding steroid dienone is 2. The third kappa shape index (κ3) is 4.26. The minimum atomic E-state index is -1.19. The Morgan fingerprint density at radius 1 is 1.30 bits per heavy atom. The molecule has 8 heteroatoms. The highest BCUT2D eigenvalue weighted by Crippen LogP contribution is 2.43. The van der Waals surface area contributed by atoms with Crippen molar-refractivity contribution in [2.45, 2.75) is 26.7 Å². The molecule has 1 aliphatic rings. The van der Waals surface area contributed by atoms with Crippen LogP contribution in [-0.2, 0) is 14.3 Å². The lowest BCUT2D eigenvalue weighted by atomic mass is 9.80. The number of carboxylic acid groups (broad SMARTS) is 1. The summed E-state index contributed by atoms with van der Waals surface area (Å²) in [4.78, 5) is 24.7.